The molecule has 17 heavy (non-hydrogen) atoms. The Kier molecular flexibility index (Phi) is 3.03. The minimum atomic E-state index is 1.01. The molecule has 88 valence electrons. The lowest BCUT2D eigenvalue weighted by molar-refractivity contribution is 0.234. The van der Waals surface area contributed by atoms with Gasteiger partial charge in [-0.2, -0.15) is 0 Å². The highest BCUT2D eigenvalue weighted by Gasteiger charge is 2.11. The first-order valence-electron chi connectivity index (χ1n) is 6.18. The van der Waals surface area contributed by atoms with Crippen molar-refractivity contribution in [1.82, 2.24) is 15.2 Å². The van der Waals surface area contributed by atoms with Crippen molar-refractivity contribution >= 4 is 10.8 Å². The molecule has 1 aliphatic rings. The van der Waals surface area contributed by atoms with E-state index in [2.05, 4.69) is 39.5 Å². The molecule has 2 aromatic rings. The van der Waals surface area contributed by atoms with Gasteiger partial charge in [0.05, 0.1) is 0 Å². The van der Waals surface area contributed by atoms with Gasteiger partial charge in [0.2, 0.25) is 0 Å². The predicted molar refractivity (Wildman–Crippen MR) is 69.9 cm³/mol. The predicted octanol–water partition coefficient (Wildman–Crippen LogP) is 1.64. The van der Waals surface area contributed by atoms with Crippen molar-refractivity contribution in [3.8, 4) is 0 Å². The van der Waals surface area contributed by atoms with Gasteiger partial charge in [0.1, 0.15) is 0 Å². The van der Waals surface area contributed by atoms with Crippen molar-refractivity contribution in [2.75, 3.05) is 26.2 Å². The molecule has 0 unspecified atom stereocenters. The topological polar surface area (TPSA) is 28.2 Å². The van der Waals surface area contributed by atoms with Crippen molar-refractivity contribution < 1.29 is 0 Å². The van der Waals surface area contributed by atoms with Crippen LogP contribution in [0.3, 0.4) is 0 Å². The van der Waals surface area contributed by atoms with Crippen molar-refractivity contribution in [2.24, 2.45) is 0 Å². The summed E-state index contributed by atoms with van der Waals surface area (Å²) in [4.78, 5) is 6.82. The van der Waals surface area contributed by atoms with Crippen LogP contribution in [0.1, 0.15) is 5.56 Å². The van der Waals surface area contributed by atoms with Crippen molar-refractivity contribution in [1.29, 1.82) is 0 Å². The molecule has 1 aromatic heterocycles. The lowest BCUT2D eigenvalue weighted by Crippen LogP contribution is -2.42. The monoisotopic (exact) mass is 227 g/mol. The number of aromatic nitrogens is 1. The summed E-state index contributed by atoms with van der Waals surface area (Å²) in [5.41, 5.74) is 1.34. The number of benzene rings is 1. The van der Waals surface area contributed by atoms with Crippen LogP contribution in [0.15, 0.2) is 36.7 Å². The molecule has 0 atom stereocenters. The highest BCUT2D eigenvalue weighted by Crippen LogP contribution is 2.18. The Hall–Kier alpha value is -1.45. The van der Waals surface area contributed by atoms with Crippen molar-refractivity contribution in [3.63, 3.8) is 0 Å². The number of hydrogen-bond donors (Lipinski definition) is 1. The van der Waals surface area contributed by atoms with Gasteiger partial charge < -0.3 is 5.32 Å². The van der Waals surface area contributed by atoms with Gasteiger partial charge in [-0.3, -0.25) is 9.88 Å². The first-order valence-corrected chi connectivity index (χ1v) is 6.18. The molecule has 1 N–H and O–H groups in total. The molecule has 0 amide bonds. The van der Waals surface area contributed by atoms with Gasteiger partial charge in [0.25, 0.3) is 0 Å². The number of rotatable bonds is 2. The van der Waals surface area contributed by atoms with Crippen LogP contribution in [0.4, 0.5) is 0 Å². The number of piperazine rings is 1. The van der Waals surface area contributed by atoms with Crippen LogP contribution in [0.5, 0.6) is 0 Å². The second kappa shape index (κ2) is 4.82. The standard InChI is InChI=1S/C14H17N3/c1-2-4-14-12(3-1)9-16-10-13(14)11-17-7-5-15-6-8-17/h1-4,9-10,15H,5-8,11H2. The van der Waals surface area contributed by atoms with Gasteiger partial charge in [0.15, 0.2) is 0 Å². The van der Waals surface area contributed by atoms with E-state index in [0.29, 0.717) is 0 Å². The van der Waals surface area contributed by atoms with Gasteiger partial charge >= 0.3 is 0 Å². The van der Waals surface area contributed by atoms with Gasteiger partial charge in [-0.1, -0.05) is 24.3 Å². The largest absolute Gasteiger partial charge is 0.314 e. The smallest absolute Gasteiger partial charge is 0.0346 e. The first-order chi connectivity index (χ1) is 8.43. The normalized spacial score (nSPS) is 17.4. The zero-order valence-corrected chi connectivity index (χ0v) is 9.89. The quantitative estimate of drug-likeness (QED) is 0.845. The van der Waals surface area contributed by atoms with Crippen LogP contribution >= 0.6 is 0 Å². The average molecular weight is 227 g/mol. The highest BCUT2D eigenvalue weighted by atomic mass is 15.2. The number of pyridine rings is 1. The second-order valence-electron chi connectivity index (χ2n) is 4.55. The van der Waals surface area contributed by atoms with Crippen LogP contribution < -0.4 is 5.32 Å². The number of fused-ring (bicyclic) bond motifs is 1. The van der Waals surface area contributed by atoms with Gasteiger partial charge in [-0.25, -0.2) is 0 Å². The van der Waals surface area contributed by atoms with E-state index < -0.39 is 0 Å². The van der Waals surface area contributed by atoms with E-state index in [1.807, 2.05) is 12.4 Å². The molecule has 0 saturated carbocycles. The third-order valence-corrected chi connectivity index (χ3v) is 3.35. The van der Waals surface area contributed by atoms with Crippen LogP contribution in [-0.2, 0) is 6.54 Å². The minimum Gasteiger partial charge on any atom is -0.314 e. The van der Waals surface area contributed by atoms with Gasteiger partial charge in [-0.15, -0.1) is 0 Å². The Morgan fingerprint density at radius 1 is 1.12 bits per heavy atom. The average Bonchev–Trinajstić information content (AvgIpc) is 2.40. The number of nitrogens with zero attached hydrogens (tertiary/aromatic N) is 2. The minimum absolute atomic E-state index is 1.01. The summed E-state index contributed by atoms with van der Waals surface area (Å²) in [5, 5.41) is 5.95. The maximum Gasteiger partial charge on any atom is 0.0346 e. The molecule has 3 nitrogen and oxygen atoms in total. The molecular formula is C14H17N3. The Morgan fingerprint density at radius 3 is 2.82 bits per heavy atom. The van der Waals surface area contributed by atoms with Crippen LogP contribution in [0.25, 0.3) is 10.8 Å². The summed E-state index contributed by atoms with van der Waals surface area (Å²) in [6.45, 7) is 5.46. The third-order valence-electron chi connectivity index (χ3n) is 3.35. The Bertz CT molecular complexity index is 498. The molecule has 2 heterocycles. The molecule has 0 radical (unpaired) electrons. The van der Waals surface area contributed by atoms with E-state index in [-0.39, 0.29) is 0 Å². The van der Waals surface area contributed by atoms with Crippen LogP contribution in [0.2, 0.25) is 0 Å². The Morgan fingerprint density at radius 2 is 1.94 bits per heavy atom. The summed E-state index contributed by atoms with van der Waals surface area (Å²) in [5.74, 6) is 0. The van der Waals surface area contributed by atoms with Crippen molar-refractivity contribution in [3.05, 3.63) is 42.2 Å². The molecular weight excluding hydrogens is 210 g/mol. The maximum absolute atomic E-state index is 4.34. The summed E-state index contributed by atoms with van der Waals surface area (Å²) < 4.78 is 0. The number of nitrogens with one attached hydrogen (secondary N) is 1. The van der Waals surface area contributed by atoms with E-state index in [0.717, 1.165) is 32.7 Å². The summed E-state index contributed by atoms with van der Waals surface area (Å²) >= 11 is 0. The van der Waals surface area contributed by atoms with Gasteiger partial charge in [-0.05, 0) is 10.9 Å². The number of hydrogen-bond acceptors (Lipinski definition) is 3. The Labute approximate surface area is 101 Å². The van der Waals surface area contributed by atoms with Crippen LogP contribution in [-0.4, -0.2) is 36.1 Å². The molecule has 0 spiro atoms. The molecule has 1 aliphatic heterocycles. The Balaban J connectivity index is 1.89. The van der Waals surface area contributed by atoms with Gasteiger partial charge in [0, 0.05) is 50.5 Å². The third kappa shape index (κ3) is 2.30. The highest BCUT2D eigenvalue weighted by molar-refractivity contribution is 5.84. The molecule has 0 bridgehead atoms. The zero-order chi connectivity index (χ0) is 11.5. The SMILES string of the molecule is c1ccc2c(CN3CCNCC3)cncc2c1. The fourth-order valence-electron chi connectivity index (χ4n) is 2.42. The first kappa shape index (κ1) is 10.7. The van der Waals surface area contributed by atoms with E-state index in [4.69, 9.17) is 0 Å². The maximum atomic E-state index is 4.34. The molecule has 1 aromatic carbocycles. The summed E-state index contributed by atoms with van der Waals surface area (Å²) in [6.07, 6.45) is 3.95. The van der Waals surface area contributed by atoms with E-state index in [1.54, 1.807) is 0 Å². The molecule has 3 rings (SSSR count). The lowest BCUT2D eigenvalue weighted by Gasteiger charge is -2.27. The fourth-order valence-corrected chi connectivity index (χ4v) is 2.42. The second-order valence-corrected chi connectivity index (χ2v) is 4.55. The molecule has 3 heteroatoms. The van der Waals surface area contributed by atoms with E-state index in [1.165, 1.54) is 16.3 Å². The van der Waals surface area contributed by atoms with Crippen molar-refractivity contribution in [2.45, 2.75) is 6.54 Å². The zero-order valence-electron chi connectivity index (χ0n) is 9.89. The molecule has 1 saturated heterocycles. The summed E-state index contributed by atoms with van der Waals surface area (Å²) in [6, 6.07) is 8.49. The van der Waals surface area contributed by atoms with E-state index in [9.17, 15) is 0 Å². The lowest BCUT2D eigenvalue weighted by atomic mass is 10.1. The van der Waals surface area contributed by atoms with E-state index >= 15 is 0 Å². The molecule has 0 aliphatic carbocycles. The fraction of sp³-hybridized carbons (Fsp3) is 0.357. The summed E-state index contributed by atoms with van der Waals surface area (Å²) in [7, 11) is 0. The molecule has 1 fully saturated rings. The van der Waals surface area contributed by atoms with Crippen LogP contribution in [0, 0.1) is 0 Å².